The highest BCUT2D eigenvalue weighted by molar-refractivity contribution is 6.42. The number of likely N-dealkylation sites (tertiary alicyclic amines) is 1. The van der Waals surface area contributed by atoms with Gasteiger partial charge >= 0.3 is 0 Å². The number of hydrogen-bond donors (Lipinski definition) is 1. The van der Waals surface area contributed by atoms with Crippen molar-refractivity contribution in [2.24, 2.45) is 5.92 Å². The average molecular weight is 537 g/mol. The lowest BCUT2D eigenvalue weighted by atomic mass is 10.1. The molecule has 1 amide bonds. The maximum absolute atomic E-state index is 12.6. The lowest BCUT2D eigenvalue weighted by Gasteiger charge is -2.33. The molecule has 0 spiro atoms. The molecular weight excluding hydrogens is 511 g/mol. The molecule has 2 aromatic heterocycles. The van der Waals surface area contributed by atoms with E-state index in [4.69, 9.17) is 37.9 Å². The lowest BCUT2D eigenvalue weighted by Crippen LogP contribution is -2.45. The van der Waals surface area contributed by atoms with Crippen molar-refractivity contribution < 1.29 is 9.53 Å². The molecule has 4 aromatic rings. The van der Waals surface area contributed by atoms with E-state index in [0.29, 0.717) is 39.9 Å². The standard InChI is InChI=1S/C27H26Cl2N6O2/c1-37-19-7-9-22-23(14-19)35(25(32-22)17-6-8-20(28)21(29)13-17)24-10-11-30-27(33-24)31-18-3-2-12-34(15-18)26(36)16-4-5-16/h6-11,13-14,16,18H,2-5,12,15H2,1H3,(H,30,31,33)/t18-/m0/s1. The number of imidazole rings is 1. The second-order valence-electron chi connectivity index (χ2n) is 9.53. The van der Waals surface area contributed by atoms with Crippen LogP contribution in [0.15, 0.2) is 48.7 Å². The van der Waals surface area contributed by atoms with Gasteiger partial charge in [0.2, 0.25) is 11.9 Å². The Hall–Kier alpha value is -3.36. The molecule has 0 unspecified atom stereocenters. The van der Waals surface area contributed by atoms with Crippen LogP contribution in [-0.2, 0) is 4.79 Å². The SMILES string of the molecule is COc1ccc2nc(-c3ccc(Cl)c(Cl)c3)n(-c3ccnc(N[C@H]4CCCN(C(=O)C5CC5)C4)n3)c2c1. The molecule has 0 radical (unpaired) electrons. The van der Waals surface area contributed by atoms with Crippen molar-refractivity contribution in [2.45, 2.75) is 31.7 Å². The maximum Gasteiger partial charge on any atom is 0.225 e. The van der Waals surface area contributed by atoms with Gasteiger partial charge in [0.25, 0.3) is 0 Å². The van der Waals surface area contributed by atoms with Gasteiger partial charge in [0.05, 0.1) is 28.2 Å². The molecule has 1 saturated carbocycles. The highest BCUT2D eigenvalue weighted by Gasteiger charge is 2.35. The molecule has 1 aliphatic carbocycles. The van der Waals surface area contributed by atoms with Crippen LogP contribution in [0.2, 0.25) is 10.0 Å². The van der Waals surface area contributed by atoms with Crippen molar-refractivity contribution >= 4 is 46.1 Å². The molecular formula is C27H26Cl2N6O2. The average Bonchev–Trinajstić information content (AvgIpc) is 3.70. The molecule has 3 heterocycles. The van der Waals surface area contributed by atoms with Crippen LogP contribution >= 0.6 is 23.2 Å². The molecule has 8 nitrogen and oxygen atoms in total. The fourth-order valence-corrected chi connectivity index (χ4v) is 5.15. The number of aromatic nitrogens is 4. The largest absolute Gasteiger partial charge is 0.497 e. The second kappa shape index (κ2) is 9.84. The van der Waals surface area contributed by atoms with Crippen molar-refractivity contribution in [1.29, 1.82) is 0 Å². The minimum absolute atomic E-state index is 0.0980. The van der Waals surface area contributed by atoms with Crippen LogP contribution in [0.4, 0.5) is 5.95 Å². The highest BCUT2D eigenvalue weighted by Crippen LogP contribution is 2.34. The molecule has 10 heteroatoms. The summed E-state index contributed by atoms with van der Waals surface area (Å²) in [5.41, 5.74) is 2.43. The Morgan fingerprint density at radius 2 is 1.92 bits per heavy atom. The number of ether oxygens (including phenoxy) is 1. The van der Waals surface area contributed by atoms with E-state index in [1.54, 1.807) is 25.4 Å². The number of fused-ring (bicyclic) bond motifs is 1. The third kappa shape index (κ3) is 4.83. The number of nitrogens with one attached hydrogen (secondary N) is 1. The third-order valence-corrected chi connectivity index (χ3v) is 7.64. The highest BCUT2D eigenvalue weighted by atomic mass is 35.5. The molecule has 6 rings (SSSR count). The van der Waals surface area contributed by atoms with Gasteiger partial charge in [-0.25, -0.2) is 9.97 Å². The molecule has 1 saturated heterocycles. The molecule has 2 fully saturated rings. The van der Waals surface area contributed by atoms with Gasteiger partial charge in [-0.3, -0.25) is 9.36 Å². The van der Waals surface area contributed by atoms with Crippen molar-refractivity contribution in [1.82, 2.24) is 24.4 Å². The minimum atomic E-state index is 0.0980. The van der Waals surface area contributed by atoms with Crippen LogP contribution in [0.25, 0.3) is 28.2 Å². The first-order valence-corrected chi connectivity index (χ1v) is 13.2. The van der Waals surface area contributed by atoms with Crippen LogP contribution in [0.3, 0.4) is 0 Å². The third-order valence-electron chi connectivity index (χ3n) is 6.90. The number of carbonyl (C=O) groups is 1. The van der Waals surface area contributed by atoms with Gasteiger partial charge in [-0.15, -0.1) is 0 Å². The molecule has 2 aromatic carbocycles. The first kappa shape index (κ1) is 24.0. The maximum atomic E-state index is 12.6. The van der Waals surface area contributed by atoms with Gasteiger partial charge in [0, 0.05) is 42.9 Å². The number of carbonyl (C=O) groups excluding carboxylic acids is 1. The summed E-state index contributed by atoms with van der Waals surface area (Å²) in [6, 6.07) is 13.1. The van der Waals surface area contributed by atoms with E-state index in [1.807, 2.05) is 39.8 Å². The zero-order chi connectivity index (χ0) is 25.5. The fraction of sp³-hybridized carbons (Fsp3) is 0.333. The number of nitrogens with zero attached hydrogens (tertiary/aromatic N) is 5. The Labute approximate surface area is 224 Å². The van der Waals surface area contributed by atoms with E-state index in [0.717, 1.165) is 48.8 Å². The van der Waals surface area contributed by atoms with E-state index < -0.39 is 0 Å². The number of rotatable bonds is 6. The number of benzene rings is 2. The van der Waals surface area contributed by atoms with Crippen LogP contribution in [0, 0.1) is 5.92 Å². The topological polar surface area (TPSA) is 85.2 Å². The number of methoxy groups -OCH3 is 1. The Kier molecular flexibility index (Phi) is 6.38. The molecule has 1 N–H and O–H groups in total. The van der Waals surface area contributed by atoms with Gasteiger partial charge in [0.1, 0.15) is 17.4 Å². The molecule has 0 bridgehead atoms. The number of anilines is 1. The Balaban J connectivity index is 1.37. The Morgan fingerprint density at radius 1 is 1.05 bits per heavy atom. The van der Waals surface area contributed by atoms with E-state index in [2.05, 4.69) is 10.3 Å². The summed E-state index contributed by atoms with van der Waals surface area (Å²) in [5.74, 6) is 3.05. The van der Waals surface area contributed by atoms with Gasteiger partial charge in [0.15, 0.2) is 0 Å². The number of amides is 1. The summed E-state index contributed by atoms with van der Waals surface area (Å²) >= 11 is 12.5. The van der Waals surface area contributed by atoms with E-state index in [-0.39, 0.29) is 17.9 Å². The van der Waals surface area contributed by atoms with E-state index in [9.17, 15) is 4.79 Å². The number of piperidine rings is 1. The molecule has 190 valence electrons. The first-order chi connectivity index (χ1) is 18.0. The van der Waals surface area contributed by atoms with E-state index >= 15 is 0 Å². The Bertz CT molecular complexity index is 1490. The smallest absolute Gasteiger partial charge is 0.225 e. The van der Waals surface area contributed by atoms with Gasteiger partial charge < -0.3 is 15.0 Å². The van der Waals surface area contributed by atoms with Crippen LogP contribution in [0.1, 0.15) is 25.7 Å². The summed E-state index contributed by atoms with van der Waals surface area (Å²) in [6.45, 7) is 1.49. The summed E-state index contributed by atoms with van der Waals surface area (Å²) in [7, 11) is 1.63. The van der Waals surface area contributed by atoms with Crippen LogP contribution in [-0.4, -0.2) is 56.6 Å². The fourth-order valence-electron chi connectivity index (χ4n) is 4.85. The molecule has 1 aliphatic heterocycles. The van der Waals surface area contributed by atoms with Gasteiger partial charge in [-0.05, 0) is 62.1 Å². The quantitative estimate of drug-likeness (QED) is 0.344. The first-order valence-electron chi connectivity index (χ1n) is 12.4. The predicted molar refractivity (Wildman–Crippen MR) is 145 cm³/mol. The summed E-state index contributed by atoms with van der Waals surface area (Å²) in [6.07, 6.45) is 5.68. The van der Waals surface area contributed by atoms with E-state index in [1.165, 1.54) is 0 Å². The zero-order valence-corrected chi connectivity index (χ0v) is 21.8. The summed E-state index contributed by atoms with van der Waals surface area (Å²) in [4.78, 5) is 28.8. The Morgan fingerprint density at radius 3 is 2.70 bits per heavy atom. The van der Waals surface area contributed by atoms with Crippen molar-refractivity contribution in [3.63, 3.8) is 0 Å². The number of halogens is 2. The normalized spacial score (nSPS) is 17.7. The van der Waals surface area contributed by atoms with Crippen LogP contribution in [0.5, 0.6) is 5.75 Å². The minimum Gasteiger partial charge on any atom is -0.497 e. The summed E-state index contributed by atoms with van der Waals surface area (Å²) in [5, 5.41) is 4.38. The van der Waals surface area contributed by atoms with Crippen LogP contribution < -0.4 is 10.1 Å². The lowest BCUT2D eigenvalue weighted by molar-refractivity contribution is -0.133. The zero-order valence-electron chi connectivity index (χ0n) is 20.3. The van der Waals surface area contributed by atoms with Gasteiger partial charge in [-0.1, -0.05) is 23.2 Å². The number of hydrogen-bond acceptors (Lipinski definition) is 6. The van der Waals surface area contributed by atoms with Gasteiger partial charge in [-0.2, -0.15) is 4.98 Å². The monoisotopic (exact) mass is 536 g/mol. The molecule has 1 atom stereocenters. The molecule has 37 heavy (non-hydrogen) atoms. The predicted octanol–water partition coefficient (Wildman–Crippen LogP) is 5.61. The second-order valence-corrected chi connectivity index (χ2v) is 10.3. The van der Waals surface area contributed by atoms with Crippen molar-refractivity contribution in [3.05, 3.63) is 58.7 Å². The summed E-state index contributed by atoms with van der Waals surface area (Å²) < 4.78 is 7.45. The van der Waals surface area contributed by atoms with Crippen molar-refractivity contribution in [3.8, 4) is 23.0 Å². The van der Waals surface area contributed by atoms with Crippen molar-refractivity contribution in [2.75, 3.05) is 25.5 Å². The molecule has 2 aliphatic rings.